The van der Waals surface area contributed by atoms with Crippen LogP contribution in [-0.4, -0.2) is 5.97 Å². The van der Waals surface area contributed by atoms with E-state index in [1.807, 2.05) is 32.0 Å². The molecule has 0 amide bonds. The highest BCUT2D eigenvalue weighted by Gasteiger charge is 2.23. The maximum Gasteiger partial charge on any atom is 0.303 e. The van der Waals surface area contributed by atoms with Crippen LogP contribution in [0, 0.1) is 5.82 Å². The van der Waals surface area contributed by atoms with E-state index in [1.54, 1.807) is 6.07 Å². The number of carbonyl (C=O) groups excluding carboxylic acids is 1. The average Bonchev–Trinajstić information content (AvgIpc) is 2.26. The number of ether oxygens (including phenoxy) is 1. The van der Waals surface area contributed by atoms with Gasteiger partial charge in [0, 0.05) is 6.92 Å². The summed E-state index contributed by atoms with van der Waals surface area (Å²) in [7, 11) is 0. The Labute approximate surface area is 105 Å². The van der Waals surface area contributed by atoms with Gasteiger partial charge in [-0.05, 0) is 48.4 Å². The fourth-order valence-corrected chi connectivity index (χ4v) is 2.01. The molecule has 2 nitrogen and oxygen atoms in total. The zero-order valence-corrected chi connectivity index (χ0v) is 10.7. The Bertz CT molecular complexity index is 602. The first kappa shape index (κ1) is 12.6. The third kappa shape index (κ3) is 2.50. The number of rotatable bonds is 2. The Morgan fingerprint density at radius 3 is 2.39 bits per heavy atom. The topological polar surface area (TPSA) is 26.3 Å². The smallest absolute Gasteiger partial charge is 0.303 e. The molecule has 0 N–H and O–H groups in total. The first-order valence-corrected chi connectivity index (χ1v) is 5.78. The molecule has 0 unspecified atom stereocenters. The lowest BCUT2D eigenvalue weighted by molar-refractivity contribution is -0.154. The van der Waals surface area contributed by atoms with Crippen molar-refractivity contribution in [1.29, 1.82) is 0 Å². The van der Waals surface area contributed by atoms with E-state index in [4.69, 9.17) is 4.74 Å². The van der Waals surface area contributed by atoms with Crippen LogP contribution in [0.1, 0.15) is 26.3 Å². The molecule has 0 aliphatic rings. The van der Waals surface area contributed by atoms with E-state index in [2.05, 4.69) is 0 Å². The van der Waals surface area contributed by atoms with Gasteiger partial charge in [-0.25, -0.2) is 4.39 Å². The van der Waals surface area contributed by atoms with Gasteiger partial charge in [0.25, 0.3) is 0 Å². The molecule has 0 aliphatic carbocycles. The van der Waals surface area contributed by atoms with E-state index in [-0.39, 0.29) is 11.8 Å². The zero-order chi connectivity index (χ0) is 13.3. The first-order chi connectivity index (χ1) is 8.38. The molecule has 2 aromatic rings. The van der Waals surface area contributed by atoms with Gasteiger partial charge in [-0.15, -0.1) is 0 Å². The lowest BCUT2D eigenvalue weighted by Gasteiger charge is -2.25. The van der Waals surface area contributed by atoms with Gasteiger partial charge in [0.2, 0.25) is 0 Å². The Hall–Kier alpha value is -1.90. The van der Waals surface area contributed by atoms with Crippen molar-refractivity contribution in [2.45, 2.75) is 26.4 Å². The number of hydrogen-bond acceptors (Lipinski definition) is 2. The highest BCUT2D eigenvalue weighted by molar-refractivity contribution is 5.83. The zero-order valence-electron chi connectivity index (χ0n) is 10.7. The summed E-state index contributed by atoms with van der Waals surface area (Å²) in [5.74, 6) is -0.575. The molecule has 0 aromatic heterocycles. The molecular formula is C15H15FO2. The molecule has 0 bridgehead atoms. The molecule has 0 spiro atoms. The van der Waals surface area contributed by atoms with Crippen LogP contribution >= 0.6 is 0 Å². The van der Waals surface area contributed by atoms with Crippen molar-refractivity contribution >= 4 is 16.7 Å². The molecule has 0 saturated carbocycles. The van der Waals surface area contributed by atoms with E-state index in [0.29, 0.717) is 0 Å². The number of esters is 1. The molecular weight excluding hydrogens is 231 g/mol. The lowest BCUT2D eigenvalue weighted by atomic mass is 9.95. The van der Waals surface area contributed by atoms with Gasteiger partial charge < -0.3 is 4.74 Å². The molecule has 0 heterocycles. The second-order valence-corrected chi connectivity index (χ2v) is 4.81. The van der Waals surface area contributed by atoms with Crippen molar-refractivity contribution in [3.63, 3.8) is 0 Å². The third-order valence-electron chi connectivity index (χ3n) is 2.90. The highest BCUT2D eigenvalue weighted by atomic mass is 19.1. The van der Waals surface area contributed by atoms with Crippen molar-refractivity contribution in [1.82, 2.24) is 0 Å². The minimum absolute atomic E-state index is 0.255. The number of halogens is 1. The monoisotopic (exact) mass is 246 g/mol. The van der Waals surface area contributed by atoms with E-state index < -0.39 is 5.60 Å². The van der Waals surface area contributed by atoms with Crippen molar-refractivity contribution in [3.8, 4) is 0 Å². The fraction of sp³-hybridized carbons (Fsp3) is 0.267. The van der Waals surface area contributed by atoms with Gasteiger partial charge in [-0.3, -0.25) is 4.79 Å². The number of benzene rings is 2. The number of fused-ring (bicyclic) bond motifs is 1. The van der Waals surface area contributed by atoms with E-state index in [0.717, 1.165) is 16.3 Å². The Balaban J connectivity index is 2.47. The number of hydrogen-bond donors (Lipinski definition) is 0. The van der Waals surface area contributed by atoms with Crippen molar-refractivity contribution in [3.05, 3.63) is 47.8 Å². The van der Waals surface area contributed by atoms with E-state index >= 15 is 0 Å². The summed E-state index contributed by atoms with van der Waals surface area (Å²) in [6.07, 6.45) is 0. The summed E-state index contributed by atoms with van der Waals surface area (Å²) in [5.41, 5.74) is 0.200. The minimum atomic E-state index is -0.686. The molecule has 0 atom stereocenters. The van der Waals surface area contributed by atoms with Gasteiger partial charge in [0.15, 0.2) is 0 Å². The molecule has 0 aliphatic heterocycles. The van der Waals surface area contributed by atoms with Crippen LogP contribution in [0.25, 0.3) is 10.8 Å². The predicted octanol–water partition coefficient (Wildman–Crippen LogP) is 3.78. The van der Waals surface area contributed by atoms with Crippen LogP contribution in [0.5, 0.6) is 0 Å². The molecule has 2 aromatic carbocycles. The van der Waals surface area contributed by atoms with Crippen molar-refractivity contribution in [2.75, 3.05) is 0 Å². The van der Waals surface area contributed by atoms with Crippen molar-refractivity contribution in [2.24, 2.45) is 0 Å². The second kappa shape index (κ2) is 4.41. The van der Waals surface area contributed by atoms with E-state index in [9.17, 15) is 9.18 Å². The highest BCUT2D eigenvalue weighted by Crippen LogP contribution is 2.28. The van der Waals surface area contributed by atoms with E-state index in [1.165, 1.54) is 19.1 Å². The SMILES string of the molecule is CC(=O)OC(C)(C)c1ccc2cc(F)ccc2c1. The Morgan fingerprint density at radius 1 is 1.11 bits per heavy atom. The molecule has 3 heteroatoms. The van der Waals surface area contributed by atoms with Crippen LogP contribution < -0.4 is 0 Å². The maximum atomic E-state index is 13.1. The molecule has 0 fully saturated rings. The minimum Gasteiger partial charge on any atom is -0.455 e. The Kier molecular flexibility index (Phi) is 3.07. The predicted molar refractivity (Wildman–Crippen MR) is 68.7 cm³/mol. The Morgan fingerprint density at radius 2 is 1.72 bits per heavy atom. The third-order valence-corrected chi connectivity index (χ3v) is 2.90. The molecule has 0 saturated heterocycles. The summed E-state index contributed by atoms with van der Waals surface area (Å²) in [6, 6.07) is 10.2. The van der Waals surface area contributed by atoms with Gasteiger partial charge >= 0.3 is 5.97 Å². The van der Waals surface area contributed by atoms with Crippen LogP contribution in [0.4, 0.5) is 4.39 Å². The average molecular weight is 246 g/mol. The van der Waals surface area contributed by atoms with Crippen LogP contribution in [0.15, 0.2) is 36.4 Å². The number of carbonyl (C=O) groups is 1. The van der Waals surface area contributed by atoms with Crippen LogP contribution in [0.2, 0.25) is 0 Å². The van der Waals surface area contributed by atoms with Gasteiger partial charge in [-0.1, -0.05) is 18.2 Å². The largest absolute Gasteiger partial charge is 0.455 e. The summed E-state index contributed by atoms with van der Waals surface area (Å²) in [4.78, 5) is 11.1. The van der Waals surface area contributed by atoms with Crippen LogP contribution in [-0.2, 0) is 15.1 Å². The maximum absolute atomic E-state index is 13.1. The quantitative estimate of drug-likeness (QED) is 0.754. The summed E-state index contributed by atoms with van der Waals surface area (Å²) in [5, 5.41) is 1.76. The summed E-state index contributed by atoms with van der Waals surface area (Å²) >= 11 is 0. The second-order valence-electron chi connectivity index (χ2n) is 4.81. The van der Waals surface area contributed by atoms with Gasteiger partial charge in [-0.2, -0.15) is 0 Å². The molecule has 0 radical (unpaired) electrons. The lowest BCUT2D eigenvalue weighted by Crippen LogP contribution is -2.24. The normalized spacial score (nSPS) is 11.6. The standard InChI is InChI=1S/C15H15FO2/c1-10(17)18-15(2,3)13-6-4-12-9-14(16)7-5-11(12)8-13/h4-9H,1-3H3. The van der Waals surface area contributed by atoms with Crippen molar-refractivity contribution < 1.29 is 13.9 Å². The van der Waals surface area contributed by atoms with Gasteiger partial charge in [0.1, 0.15) is 11.4 Å². The summed E-state index contributed by atoms with van der Waals surface area (Å²) in [6.45, 7) is 5.05. The molecule has 94 valence electrons. The summed E-state index contributed by atoms with van der Waals surface area (Å²) < 4.78 is 18.4. The first-order valence-electron chi connectivity index (χ1n) is 5.78. The molecule has 2 rings (SSSR count). The van der Waals surface area contributed by atoms with Gasteiger partial charge in [0.05, 0.1) is 0 Å². The van der Waals surface area contributed by atoms with Crippen LogP contribution in [0.3, 0.4) is 0 Å². The fourth-order valence-electron chi connectivity index (χ4n) is 2.01. The molecule has 18 heavy (non-hydrogen) atoms.